The second-order valence-electron chi connectivity index (χ2n) is 5.75. The van der Waals surface area contributed by atoms with Crippen LogP contribution in [-0.4, -0.2) is 46.8 Å². The van der Waals surface area contributed by atoms with E-state index >= 15 is 0 Å². The summed E-state index contributed by atoms with van der Waals surface area (Å²) in [7, 11) is 0. The van der Waals surface area contributed by atoms with Crippen molar-refractivity contribution < 1.29 is 9.59 Å². The number of quaternary nitrogens is 1. The maximum Gasteiger partial charge on any atom is 0.105 e. The molecule has 2 rings (SSSR count). The van der Waals surface area contributed by atoms with Gasteiger partial charge in [-0.05, 0) is 35.1 Å². The van der Waals surface area contributed by atoms with Crippen LogP contribution in [0.1, 0.15) is 25.3 Å². The zero-order valence-corrected chi connectivity index (χ0v) is 15.2. The first-order valence-electron chi connectivity index (χ1n) is 7.50. The number of hydrogen-bond acceptors (Lipinski definition) is 2. The van der Waals surface area contributed by atoms with Crippen molar-refractivity contribution in [2.24, 2.45) is 0 Å². The van der Waals surface area contributed by atoms with Crippen molar-refractivity contribution in [1.29, 1.82) is 0 Å². The smallest absolute Gasteiger partial charge is 0.105 e. The fourth-order valence-corrected chi connectivity index (χ4v) is 4.04. The number of benzene rings is 1. The molecule has 0 saturated carbocycles. The van der Waals surface area contributed by atoms with Crippen LogP contribution in [0.4, 0.5) is 0 Å². The highest BCUT2D eigenvalue weighted by atomic mass is 127. The van der Waals surface area contributed by atoms with Gasteiger partial charge in [-0.2, -0.15) is 11.8 Å². The average Bonchev–Trinajstić information content (AvgIpc) is 3.23. The van der Waals surface area contributed by atoms with Crippen molar-refractivity contribution in [3.05, 3.63) is 33.4 Å². The summed E-state index contributed by atoms with van der Waals surface area (Å²) in [5.41, 5.74) is 1.43. The highest BCUT2D eigenvalue weighted by Gasteiger charge is 2.36. The van der Waals surface area contributed by atoms with E-state index in [-0.39, 0.29) is 0 Å². The van der Waals surface area contributed by atoms with Crippen LogP contribution in [-0.2, 0) is 6.54 Å². The van der Waals surface area contributed by atoms with E-state index in [1.807, 2.05) is 0 Å². The third-order valence-corrected chi connectivity index (χ3v) is 6.02. The Morgan fingerprint density at radius 3 is 2.70 bits per heavy atom. The molecule has 1 heterocycles. The molecule has 1 fully saturated rings. The molecule has 1 N–H and O–H groups in total. The van der Waals surface area contributed by atoms with E-state index in [2.05, 4.69) is 65.5 Å². The molecule has 1 saturated heterocycles. The van der Waals surface area contributed by atoms with Gasteiger partial charge in [-0.25, -0.2) is 0 Å². The Hall–Kier alpha value is 0.220. The maximum absolute atomic E-state index is 9.56. The Morgan fingerprint density at radius 1 is 1.35 bits per heavy atom. The summed E-state index contributed by atoms with van der Waals surface area (Å²) in [6, 6.07) is 8.68. The first-order chi connectivity index (χ1) is 9.69. The van der Waals surface area contributed by atoms with Gasteiger partial charge in [0, 0.05) is 14.9 Å². The molecule has 2 atom stereocenters. The van der Waals surface area contributed by atoms with Gasteiger partial charge in [-0.3, -0.25) is 0 Å². The normalized spacial score (nSPS) is 20.6. The van der Waals surface area contributed by atoms with Crippen LogP contribution in [0.15, 0.2) is 24.3 Å². The Labute approximate surface area is 140 Å². The van der Waals surface area contributed by atoms with Crippen LogP contribution in [0.2, 0.25) is 0 Å². The molecule has 1 aliphatic heterocycles. The molecule has 4 heteroatoms. The molecule has 2 nitrogen and oxygen atoms in total. The quantitative estimate of drug-likeness (QED) is 0.385. The topological polar surface area (TPSA) is 20.2 Å². The van der Waals surface area contributed by atoms with Crippen molar-refractivity contribution >= 4 is 34.4 Å². The molecule has 1 aromatic carbocycles. The average molecular weight is 406 g/mol. The maximum atomic E-state index is 9.56. The van der Waals surface area contributed by atoms with Gasteiger partial charge in [-0.1, -0.05) is 31.5 Å². The standard InChI is InChI=1S/C16H25INOS/c1-2-3-8-18(9-10-19,12-15-13-20-15)11-14-6-4-5-7-16(14)17/h4-7,15,19H,2-3,8-13H2,1H3/q+1. The molecule has 0 spiro atoms. The first kappa shape index (κ1) is 16.6. The van der Waals surface area contributed by atoms with E-state index in [0.29, 0.717) is 6.61 Å². The third kappa shape index (κ3) is 4.90. The number of aliphatic hydroxyl groups excluding tert-OH is 1. The highest BCUT2D eigenvalue weighted by Crippen LogP contribution is 2.34. The number of halogens is 1. The molecule has 0 aromatic heterocycles. The summed E-state index contributed by atoms with van der Waals surface area (Å²) in [6.45, 7) is 6.92. The van der Waals surface area contributed by atoms with Gasteiger partial charge in [0.25, 0.3) is 0 Å². The van der Waals surface area contributed by atoms with Gasteiger partial charge < -0.3 is 9.59 Å². The fourth-order valence-electron chi connectivity index (χ4n) is 2.82. The number of hydrogen-bond donors (Lipinski definition) is 1. The number of aliphatic hydroxyl groups is 1. The number of unbranched alkanes of at least 4 members (excludes halogenated alkanes) is 1. The lowest BCUT2D eigenvalue weighted by Gasteiger charge is -2.39. The number of nitrogens with zero attached hydrogens (tertiary/aromatic N) is 1. The molecular formula is C16H25INOS+. The lowest BCUT2D eigenvalue weighted by atomic mass is 10.1. The van der Waals surface area contributed by atoms with E-state index in [0.717, 1.165) is 22.8 Å². The molecule has 20 heavy (non-hydrogen) atoms. The minimum atomic E-state index is 0.296. The van der Waals surface area contributed by atoms with Gasteiger partial charge >= 0.3 is 0 Å². The Kier molecular flexibility index (Phi) is 6.65. The van der Waals surface area contributed by atoms with E-state index < -0.39 is 0 Å². The molecule has 0 aliphatic carbocycles. The molecule has 0 bridgehead atoms. The largest absolute Gasteiger partial charge is 0.391 e. The minimum absolute atomic E-state index is 0.296. The first-order valence-corrected chi connectivity index (χ1v) is 9.63. The Balaban J connectivity index is 2.15. The molecule has 1 aliphatic rings. The van der Waals surface area contributed by atoms with Crippen molar-refractivity contribution in [1.82, 2.24) is 0 Å². The monoisotopic (exact) mass is 406 g/mol. The van der Waals surface area contributed by atoms with Gasteiger partial charge in [0.2, 0.25) is 0 Å². The van der Waals surface area contributed by atoms with E-state index in [1.165, 1.54) is 40.8 Å². The van der Waals surface area contributed by atoms with E-state index in [4.69, 9.17) is 0 Å². The summed E-state index contributed by atoms with van der Waals surface area (Å²) < 4.78 is 2.41. The van der Waals surface area contributed by atoms with E-state index in [1.54, 1.807) is 0 Å². The summed E-state index contributed by atoms with van der Waals surface area (Å²) in [5.74, 6) is 1.31. The van der Waals surface area contributed by atoms with Crippen molar-refractivity contribution in [3.63, 3.8) is 0 Å². The molecular weight excluding hydrogens is 381 g/mol. The lowest BCUT2D eigenvalue weighted by molar-refractivity contribution is -0.940. The third-order valence-electron chi connectivity index (χ3n) is 4.02. The highest BCUT2D eigenvalue weighted by molar-refractivity contribution is 14.1. The lowest BCUT2D eigenvalue weighted by Crippen LogP contribution is -2.52. The van der Waals surface area contributed by atoms with Crippen molar-refractivity contribution in [2.45, 2.75) is 31.6 Å². The summed E-state index contributed by atoms with van der Waals surface area (Å²) >= 11 is 4.51. The van der Waals surface area contributed by atoms with Crippen LogP contribution in [0.3, 0.4) is 0 Å². The molecule has 0 amide bonds. The van der Waals surface area contributed by atoms with Crippen LogP contribution in [0.25, 0.3) is 0 Å². The van der Waals surface area contributed by atoms with Gasteiger partial charge in [0.1, 0.15) is 13.1 Å². The van der Waals surface area contributed by atoms with Crippen molar-refractivity contribution in [3.8, 4) is 0 Å². The van der Waals surface area contributed by atoms with Crippen LogP contribution in [0, 0.1) is 3.57 Å². The predicted octanol–water partition coefficient (Wildman–Crippen LogP) is 3.52. The van der Waals surface area contributed by atoms with Crippen LogP contribution < -0.4 is 0 Å². The molecule has 1 aromatic rings. The van der Waals surface area contributed by atoms with Gasteiger partial charge in [0.15, 0.2) is 0 Å². The predicted molar refractivity (Wildman–Crippen MR) is 96.0 cm³/mol. The second-order valence-corrected chi connectivity index (χ2v) is 8.25. The number of rotatable bonds is 9. The molecule has 0 radical (unpaired) electrons. The summed E-state index contributed by atoms with van der Waals surface area (Å²) in [5, 5.41) is 10.4. The fraction of sp³-hybridized carbons (Fsp3) is 0.625. The van der Waals surface area contributed by atoms with Crippen LogP contribution >= 0.6 is 34.4 Å². The zero-order valence-electron chi connectivity index (χ0n) is 12.2. The summed E-state index contributed by atoms with van der Waals surface area (Å²) in [6.07, 6.45) is 2.48. The number of thioether (sulfide) groups is 1. The SMILES string of the molecule is CCCC[N+](CCO)(Cc1ccccc1I)CC1CS1. The zero-order chi connectivity index (χ0) is 14.4. The van der Waals surface area contributed by atoms with Gasteiger partial charge in [-0.15, -0.1) is 0 Å². The molecule has 112 valence electrons. The second kappa shape index (κ2) is 8.01. The molecule has 2 unspecified atom stereocenters. The minimum Gasteiger partial charge on any atom is -0.391 e. The van der Waals surface area contributed by atoms with Gasteiger partial charge in [0.05, 0.1) is 24.9 Å². The summed E-state index contributed by atoms with van der Waals surface area (Å²) in [4.78, 5) is 0. The Bertz CT molecular complexity index is 425. The van der Waals surface area contributed by atoms with Crippen molar-refractivity contribution in [2.75, 3.05) is 32.0 Å². The Morgan fingerprint density at radius 2 is 2.10 bits per heavy atom. The van der Waals surface area contributed by atoms with E-state index in [9.17, 15) is 5.11 Å². The van der Waals surface area contributed by atoms with Crippen LogP contribution in [0.5, 0.6) is 0 Å².